The summed E-state index contributed by atoms with van der Waals surface area (Å²) in [6.07, 6.45) is 1.97. The lowest BCUT2D eigenvalue weighted by Crippen LogP contribution is -2.22. The van der Waals surface area contributed by atoms with Gasteiger partial charge in [-0.25, -0.2) is 0 Å². The summed E-state index contributed by atoms with van der Waals surface area (Å²) in [5.74, 6) is 0.819. The van der Waals surface area contributed by atoms with Crippen molar-refractivity contribution in [2.24, 2.45) is 0 Å². The Bertz CT molecular complexity index is 488. The first-order valence-corrected chi connectivity index (χ1v) is 5.91. The number of nitrogens with zero attached hydrogens (tertiary/aromatic N) is 3. The van der Waals surface area contributed by atoms with Crippen LogP contribution in [0.15, 0.2) is 18.3 Å². The first-order valence-electron chi connectivity index (χ1n) is 5.91. The number of pyridine rings is 1. The number of aryl methyl sites for hydroxylation is 1. The minimum atomic E-state index is -0.422. The van der Waals surface area contributed by atoms with E-state index in [4.69, 9.17) is 4.74 Å². The summed E-state index contributed by atoms with van der Waals surface area (Å²) >= 11 is 0. The second-order valence-electron chi connectivity index (χ2n) is 4.17. The van der Waals surface area contributed by atoms with Gasteiger partial charge < -0.3 is 4.74 Å². The molecule has 0 spiro atoms. The van der Waals surface area contributed by atoms with Gasteiger partial charge in [-0.15, -0.1) is 10.2 Å². The molecule has 17 heavy (non-hydrogen) atoms. The lowest BCUT2D eigenvalue weighted by molar-refractivity contribution is 0.0106. The molecular formula is C13H21N3O. The van der Waals surface area contributed by atoms with Crippen LogP contribution in [-0.2, 0) is 10.3 Å². The molecule has 94 valence electrons. The maximum Gasteiger partial charge on any atom is 0.169 e. The fourth-order valence-corrected chi connectivity index (χ4v) is 1.49. The van der Waals surface area contributed by atoms with E-state index in [1.54, 1.807) is 7.11 Å². The summed E-state index contributed by atoms with van der Waals surface area (Å²) in [4.78, 5) is 0. The van der Waals surface area contributed by atoms with Crippen molar-refractivity contribution in [3.63, 3.8) is 0 Å². The molecule has 0 amide bonds. The highest BCUT2D eigenvalue weighted by Crippen LogP contribution is 2.22. The van der Waals surface area contributed by atoms with Gasteiger partial charge >= 0.3 is 0 Å². The molecule has 4 heteroatoms. The van der Waals surface area contributed by atoms with E-state index in [0.29, 0.717) is 0 Å². The quantitative estimate of drug-likeness (QED) is 0.803. The van der Waals surface area contributed by atoms with Crippen molar-refractivity contribution in [2.45, 2.75) is 40.2 Å². The Hall–Kier alpha value is -1.42. The molecule has 2 rings (SSSR count). The molecule has 0 unspecified atom stereocenters. The van der Waals surface area contributed by atoms with Gasteiger partial charge in [0.05, 0.1) is 0 Å². The van der Waals surface area contributed by atoms with Gasteiger partial charge in [-0.05, 0) is 38.5 Å². The molecular weight excluding hydrogens is 214 g/mol. The lowest BCUT2D eigenvalue weighted by Gasteiger charge is -2.20. The number of rotatable bonds is 2. The molecule has 0 aliphatic carbocycles. The minimum absolute atomic E-state index is 0.422. The average Bonchev–Trinajstić information content (AvgIpc) is 2.75. The Balaban J connectivity index is 0.000000686. The Morgan fingerprint density at radius 1 is 1.24 bits per heavy atom. The molecule has 0 aliphatic heterocycles. The molecule has 4 nitrogen and oxygen atoms in total. The predicted molar refractivity (Wildman–Crippen MR) is 69.1 cm³/mol. The topological polar surface area (TPSA) is 39.4 Å². The first-order chi connectivity index (χ1) is 8.04. The van der Waals surface area contributed by atoms with Crippen LogP contribution in [0.4, 0.5) is 0 Å². The second-order valence-corrected chi connectivity index (χ2v) is 4.17. The molecule has 0 saturated heterocycles. The van der Waals surface area contributed by atoms with Gasteiger partial charge in [-0.2, -0.15) is 0 Å². The maximum atomic E-state index is 5.40. The van der Waals surface area contributed by atoms with Gasteiger partial charge in [-0.3, -0.25) is 4.40 Å². The van der Waals surface area contributed by atoms with Crippen LogP contribution in [0.3, 0.4) is 0 Å². The highest BCUT2D eigenvalue weighted by molar-refractivity contribution is 5.41. The molecule has 0 aromatic carbocycles. The number of fused-ring (bicyclic) bond motifs is 1. The number of hydrogen-bond acceptors (Lipinski definition) is 3. The predicted octanol–water partition coefficient (Wildman–Crippen LogP) is 2.95. The number of hydrogen-bond donors (Lipinski definition) is 0. The van der Waals surface area contributed by atoms with E-state index in [1.165, 1.54) is 5.56 Å². The normalized spacial score (nSPS) is 11.2. The Morgan fingerprint density at radius 2 is 1.88 bits per heavy atom. The molecule has 2 heterocycles. The van der Waals surface area contributed by atoms with Gasteiger partial charge in [-0.1, -0.05) is 13.8 Å². The van der Waals surface area contributed by atoms with E-state index in [-0.39, 0.29) is 0 Å². The number of aromatic nitrogens is 3. The van der Waals surface area contributed by atoms with Gasteiger partial charge in [0.2, 0.25) is 0 Å². The molecule has 2 aromatic heterocycles. The van der Waals surface area contributed by atoms with Gasteiger partial charge in [0.1, 0.15) is 5.60 Å². The van der Waals surface area contributed by atoms with Crippen LogP contribution in [-0.4, -0.2) is 21.7 Å². The molecule has 0 aliphatic rings. The highest BCUT2D eigenvalue weighted by atomic mass is 16.5. The highest BCUT2D eigenvalue weighted by Gasteiger charge is 2.25. The van der Waals surface area contributed by atoms with Crippen molar-refractivity contribution in [1.29, 1.82) is 0 Å². The van der Waals surface area contributed by atoms with E-state index in [9.17, 15) is 0 Å². The van der Waals surface area contributed by atoms with Gasteiger partial charge in [0, 0.05) is 13.3 Å². The first kappa shape index (κ1) is 13.6. The van der Waals surface area contributed by atoms with Gasteiger partial charge in [0.15, 0.2) is 11.5 Å². The van der Waals surface area contributed by atoms with Crippen molar-refractivity contribution < 1.29 is 4.74 Å². The Labute approximate surface area is 103 Å². The molecule has 0 bridgehead atoms. The lowest BCUT2D eigenvalue weighted by atomic mass is 10.1. The Morgan fingerprint density at radius 3 is 2.47 bits per heavy atom. The van der Waals surface area contributed by atoms with Crippen LogP contribution in [0.5, 0.6) is 0 Å². The summed E-state index contributed by atoms with van der Waals surface area (Å²) in [5, 5.41) is 8.29. The third kappa shape index (κ3) is 2.64. The van der Waals surface area contributed by atoms with Crippen LogP contribution >= 0.6 is 0 Å². The monoisotopic (exact) mass is 235 g/mol. The van der Waals surface area contributed by atoms with Crippen molar-refractivity contribution in [3.8, 4) is 0 Å². The number of ether oxygens (including phenoxy) is 1. The average molecular weight is 235 g/mol. The fraction of sp³-hybridized carbons (Fsp3) is 0.538. The van der Waals surface area contributed by atoms with E-state index >= 15 is 0 Å². The smallest absolute Gasteiger partial charge is 0.169 e. The van der Waals surface area contributed by atoms with Crippen molar-refractivity contribution in [2.75, 3.05) is 7.11 Å². The zero-order chi connectivity index (χ0) is 13.1. The van der Waals surface area contributed by atoms with E-state index < -0.39 is 5.60 Å². The molecule has 0 saturated carbocycles. The van der Waals surface area contributed by atoms with Crippen molar-refractivity contribution in [3.05, 3.63) is 29.7 Å². The zero-order valence-corrected chi connectivity index (χ0v) is 11.5. The van der Waals surface area contributed by atoms with E-state index in [1.807, 2.05) is 57.3 Å². The van der Waals surface area contributed by atoms with Gasteiger partial charge in [0.25, 0.3) is 0 Å². The fourth-order valence-electron chi connectivity index (χ4n) is 1.49. The summed E-state index contributed by atoms with van der Waals surface area (Å²) in [6, 6.07) is 4.04. The summed E-state index contributed by atoms with van der Waals surface area (Å²) in [5.41, 5.74) is 1.61. The number of methoxy groups -OCH3 is 1. The summed E-state index contributed by atoms with van der Waals surface area (Å²) in [6.45, 7) is 9.99. The standard InChI is InChI=1S/C11H15N3O.C2H6/c1-8-5-6-14-9(7-8)12-13-10(14)11(2,3)15-4;1-2/h5-7H,1-4H3;1-2H3. The SMILES string of the molecule is CC.COC(C)(C)c1nnc2cc(C)ccn12. The molecule has 0 radical (unpaired) electrons. The van der Waals surface area contributed by atoms with Crippen LogP contribution in [0.1, 0.15) is 39.1 Å². The van der Waals surface area contributed by atoms with Crippen LogP contribution in [0.25, 0.3) is 5.65 Å². The summed E-state index contributed by atoms with van der Waals surface area (Å²) in [7, 11) is 1.68. The molecule has 0 atom stereocenters. The Kier molecular flexibility index (Phi) is 4.23. The van der Waals surface area contributed by atoms with Crippen LogP contribution in [0, 0.1) is 6.92 Å². The van der Waals surface area contributed by atoms with E-state index in [0.717, 1.165) is 11.5 Å². The third-order valence-electron chi connectivity index (χ3n) is 2.61. The maximum absolute atomic E-state index is 5.40. The van der Waals surface area contributed by atoms with Crippen molar-refractivity contribution >= 4 is 5.65 Å². The molecule has 0 N–H and O–H groups in total. The van der Waals surface area contributed by atoms with Crippen molar-refractivity contribution in [1.82, 2.24) is 14.6 Å². The largest absolute Gasteiger partial charge is 0.371 e. The second kappa shape index (κ2) is 5.27. The molecule has 0 fully saturated rings. The minimum Gasteiger partial charge on any atom is -0.371 e. The zero-order valence-electron chi connectivity index (χ0n) is 11.5. The third-order valence-corrected chi connectivity index (χ3v) is 2.61. The van der Waals surface area contributed by atoms with Crippen LogP contribution < -0.4 is 0 Å². The van der Waals surface area contributed by atoms with Crippen LogP contribution in [0.2, 0.25) is 0 Å². The van der Waals surface area contributed by atoms with E-state index in [2.05, 4.69) is 10.2 Å². The summed E-state index contributed by atoms with van der Waals surface area (Å²) < 4.78 is 7.35. The molecule has 2 aromatic rings.